The van der Waals surface area contributed by atoms with Gasteiger partial charge in [0, 0.05) is 0 Å². The molecule has 0 atom stereocenters. The van der Waals surface area contributed by atoms with Crippen molar-refractivity contribution in [2.75, 3.05) is 0 Å². The average Bonchev–Trinajstić information content (AvgIpc) is 2.49. The maximum Gasteiger partial charge on any atom is 0.310 e. The molecular formula is C16H11Cl2NO2. The highest BCUT2D eigenvalue weighted by molar-refractivity contribution is 6.42. The van der Waals surface area contributed by atoms with E-state index in [2.05, 4.69) is 0 Å². The van der Waals surface area contributed by atoms with Crippen LogP contribution in [0.15, 0.2) is 42.5 Å². The van der Waals surface area contributed by atoms with Crippen LogP contribution in [0.25, 0.3) is 0 Å². The molecule has 0 aliphatic heterocycles. The van der Waals surface area contributed by atoms with Crippen molar-refractivity contribution in [3.63, 3.8) is 0 Å². The summed E-state index contributed by atoms with van der Waals surface area (Å²) in [6, 6.07) is 13.9. The molecular weight excluding hydrogens is 309 g/mol. The molecule has 0 bridgehead atoms. The van der Waals surface area contributed by atoms with E-state index in [0.29, 0.717) is 15.6 Å². The third kappa shape index (κ3) is 4.49. The predicted molar refractivity (Wildman–Crippen MR) is 81.1 cm³/mol. The number of nitrogens with zero attached hydrogens (tertiary/aromatic N) is 1. The molecule has 3 nitrogen and oxygen atoms in total. The quantitative estimate of drug-likeness (QED) is 0.795. The molecule has 0 N–H and O–H groups in total. The first-order valence-corrected chi connectivity index (χ1v) is 6.92. The monoisotopic (exact) mass is 319 g/mol. The number of ether oxygens (including phenoxy) is 1. The van der Waals surface area contributed by atoms with Crippen molar-refractivity contribution in [1.29, 1.82) is 5.26 Å². The molecule has 0 radical (unpaired) electrons. The largest absolute Gasteiger partial charge is 0.461 e. The van der Waals surface area contributed by atoms with E-state index in [-0.39, 0.29) is 19.0 Å². The van der Waals surface area contributed by atoms with Crippen molar-refractivity contribution in [2.24, 2.45) is 0 Å². The molecule has 0 amide bonds. The summed E-state index contributed by atoms with van der Waals surface area (Å²) < 4.78 is 5.18. The number of rotatable bonds is 4. The van der Waals surface area contributed by atoms with Crippen LogP contribution in [0.2, 0.25) is 10.0 Å². The van der Waals surface area contributed by atoms with Gasteiger partial charge in [0.2, 0.25) is 0 Å². The zero-order valence-corrected chi connectivity index (χ0v) is 12.5. The van der Waals surface area contributed by atoms with Crippen molar-refractivity contribution in [2.45, 2.75) is 13.0 Å². The van der Waals surface area contributed by atoms with Gasteiger partial charge in [-0.25, -0.2) is 0 Å². The fourth-order valence-electron chi connectivity index (χ4n) is 1.71. The Morgan fingerprint density at radius 2 is 1.71 bits per heavy atom. The molecule has 5 heteroatoms. The summed E-state index contributed by atoms with van der Waals surface area (Å²) >= 11 is 11.7. The number of halogens is 2. The zero-order valence-electron chi connectivity index (χ0n) is 11.0. The first-order valence-electron chi connectivity index (χ1n) is 6.17. The third-order valence-electron chi connectivity index (χ3n) is 2.82. The van der Waals surface area contributed by atoms with E-state index in [1.807, 2.05) is 6.07 Å². The number of benzene rings is 2. The van der Waals surface area contributed by atoms with E-state index < -0.39 is 0 Å². The van der Waals surface area contributed by atoms with Crippen LogP contribution in [-0.2, 0) is 22.6 Å². The summed E-state index contributed by atoms with van der Waals surface area (Å²) in [6.07, 6.45) is 0.132. The molecule has 0 unspecified atom stereocenters. The van der Waals surface area contributed by atoms with Crippen LogP contribution in [0.4, 0.5) is 0 Å². The Hall–Kier alpha value is -2.02. The van der Waals surface area contributed by atoms with Gasteiger partial charge in [-0.2, -0.15) is 5.26 Å². The maximum atomic E-state index is 11.8. The Morgan fingerprint density at radius 1 is 1.05 bits per heavy atom. The molecule has 0 spiro atoms. The van der Waals surface area contributed by atoms with Crippen molar-refractivity contribution >= 4 is 29.2 Å². The predicted octanol–water partition coefficient (Wildman–Crippen LogP) is 4.15. The molecule has 21 heavy (non-hydrogen) atoms. The molecule has 2 aromatic carbocycles. The lowest BCUT2D eigenvalue weighted by Gasteiger charge is -2.06. The van der Waals surface area contributed by atoms with E-state index in [1.165, 1.54) is 0 Å². The molecule has 106 valence electrons. The van der Waals surface area contributed by atoms with E-state index >= 15 is 0 Å². The minimum atomic E-state index is -0.349. The van der Waals surface area contributed by atoms with E-state index in [1.54, 1.807) is 42.5 Å². The highest BCUT2D eigenvalue weighted by Crippen LogP contribution is 2.22. The number of hydrogen-bond acceptors (Lipinski definition) is 3. The summed E-state index contributed by atoms with van der Waals surface area (Å²) in [6.45, 7) is 0.172. The second kappa shape index (κ2) is 7.12. The van der Waals surface area contributed by atoms with Gasteiger partial charge in [0.25, 0.3) is 0 Å². The van der Waals surface area contributed by atoms with Gasteiger partial charge in [0.15, 0.2) is 0 Å². The molecule has 0 heterocycles. The second-order valence-corrected chi connectivity index (χ2v) is 5.21. The third-order valence-corrected chi connectivity index (χ3v) is 3.55. The van der Waals surface area contributed by atoms with E-state index in [4.69, 9.17) is 33.2 Å². The Kier molecular flexibility index (Phi) is 5.21. The average molecular weight is 320 g/mol. The number of nitriles is 1. The summed E-state index contributed by atoms with van der Waals surface area (Å²) in [5.74, 6) is -0.349. The smallest absolute Gasteiger partial charge is 0.310 e. The van der Waals surface area contributed by atoms with Crippen LogP contribution < -0.4 is 0 Å². The lowest BCUT2D eigenvalue weighted by atomic mass is 10.1. The first-order chi connectivity index (χ1) is 10.1. The highest BCUT2D eigenvalue weighted by atomic mass is 35.5. The lowest BCUT2D eigenvalue weighted by Crippen LogP contribution is -2.08. The summed E-state index contributed by atoms with van der Waals surface area (Å²) in [7, 11) is 0. The molecule has 0 aromatic heterocycles. The zero-order chi connectivity index (χ0) is 15.2. The van der Waals surface area contributed by atoms with Gasteiger partial charge in [-0.05, 0) is 35.4 Å². The Balaban J connectivity index is 1.89. The molecule has 0 fully saturated rings. The molecule has 2 rings (SSSR count). The highest BCUT2D eigenvalue weighted by Gasteiger charge is 2.07. The van der Waals surface area contributed by atoms with Crippen molar-refractivity contribution in [1.82, 2.24) is 0 Å². The van der Waals surface area contributed by atoms with Crippen LogP contribution in [0.1, 0.15) is 16.7 Å². The maximum absolute atomic E-state index is 11.8. The molecule has 0 aliphatic rings. The standard InChI is InChI=1S/C16H11Cl2NO2/c17-14-6-5-13(7-15(14)18)8-16(20)21-10-12-3-1-11(9-19)2-4-12/h1-7H,8,10H2. The Morgan fingerprint density at radius 3 is 2.33 bits per heavy atom. The minimum absolute atomic E-state index is 0.132. The van der Waals surface area contributed by atoms with Gasteiger partial charge in [-0.1, -0.05) is 41.4 Å². The topological polar surface area (TPSA) is 50.1 Å². The fraction of sp³-hybridized carbons (Fsp3) is 0.125. The minimum Gasteiger partial charge on any atom is -0.461 e. The number of carbonyl (C=O) groups excluding carboxylic acids is 1. The number of carbonyl (C=O) groups is 1. The molecule has 0 aliphatic carbocycles. The lowest BCUT2D eigenvalue weighted by molar-refractivity contribution is -0.144. The van der Waals surface area contributed by atoms with Crippen molar-refractivity contribution in [3.8, 4) is 6.07 Å². The van der Waals surface area contributed by atoms with Gasteiger partial charge in [0.1, 0.15) is 6.61 Å². The SMILES string of the molecule is N#Cc1ccc(COC(=O)Cc2ccc(Cl)c(Cl)c2)cc1. The van der Waals surface area contributed by atoms with Crippen LogP contribution in [0.5, 0.6) is 0 Å². The first kappa shape index (κ1) is 15.4. The van der Waals surface area contributed by atoms with Crippen molar-refractivity contribution < 1.29 is 9.53 Å². The van der Waals surface area contributed by atoms with Gasteiger partial charge < -0.3 is 4.74 Å². The Bertz CT molecular complexity index is 690. The van der Waals surface area contributed by atoms with Gasteiger partial charge in [-0.15, -0.1) is 0 Å². The van der Waals surface area contributed by atoms with Gasteiger partial charge in [-0.3, -0.25) is 4.79 Å². The summed E-state index contributed by atoms with van der Waals surface area (Å²) in [5.41, 5.74) is 2.14. The number of esters is 1. The second-order valence-electron chi connectivity index (χ2n) is 4.39. The molecule has 0 saturated heterocycles. The number of hydrogen-bond donors (Lipinski definition) is 0. The Labute approximate surface area is 132 Å². The van der Waals surface area contributed by atoms with E-state index in [9.17, 15) is 4.79 Å². The van der Waals surface area contributed by atoms with Crippen LogP contribution >= 0.6 is 23.2 Å². The normalized spacial score (nSPS) is 9.95. The van der Waals surface area contributed by atoms with Crippen LogP contribution in [0, 0.1) is 11.3 Å². The van der Waals surface area contributed by atoms with Crippen LogP contribution in [0.3, 0.4) is 0 Å². The van der Waals surface area contributed by atoms with Crippen molar-refractivity contribution in [3.05, 3.63) is 69.2 Å². The summed E-state index contributed by atoms with van der Waals surface area (Å²) in [5, 5.41) is 9.56. The fourth-order valence-corrected chi connectivity index (χ4v) is 2.03. The van der Waals surface area contributed by atoms with E-state index in [0.717, 1.165) is 11.1 Å². The van der Waals surface area contributed by atoms with Gasteiger partial charge in [0.05, 0.1) is 28.1 Å². The molecule has 2 aromatic rings. The van der Waals surface area contributed by atoms with Gasteiger partial charge >= 0.3 is 5.97 Å². The summed E-state index contributed by atoms with van der Waals surface area (Å²) in [4.78, 5) is 11.8. The molecule has 0 saturated carbocycles. The van der Waals surface area contributed by atoms with Crippen LogP contribution in [-0.4, -0.2) is 5.97 Å².